The van der Waals surface area contributed by atoms with Gasteiger partial charge in [0.1, 0.15) is 6.79 Å². The van der Waals surface area contributed by atoms with Crippen LogP contribution in [0.3, 0.4) is 0 Å². The van der Waals surface area contributed by atoms with E-state index in [1.165, 1.54) is 14.0 Å². The molecule has 184 valence electrons. The van der Waals surface area contributed by atoms with Gasteiger partial charge < -0.3 is 23.4 Å². The maximum Gasteiger partial charge on any atom is 0.310 e. The number of hydrogen-bond acceptors (Lipinski definition) is 7. The highest BCUT2D eigenvalue weighted by molar-refractivity contribution is 6.77. The van der Waals surface area contributed by atoms with Crippen molar-refractivity contribution in [2.75, 3.05) is 27.6 Å². The van der Waals surface area contributed by atoms with E-state index < -0.39 is 20.3 Å². The molecular weight excluding hydrogens is 416 g/mol. The topological polar surface area (TPSA) is 80.3 Å². The number of rotatable bonds is 15. The molecule has 0 aromatic heterocycles. The molecule has 0 fully saturated rings. The van der Waals surface area contributed by atoms with Crippen molar-refractivity contribution in [3.8, 4) is 0 Å². The highest BCUT2D eigenvalue weighted by Crippen LogP contribution is 2.45. The molecule has 4 atom stereocenters. The van der Waals surface area contributed by atoms with E-state index >= 15 is 0 Å². The van der Waals surface area contributed by atoms with Gasteiger partial charge >= 0.3 is 11.9 Å². The van der Waals surface area contributed by atoms with Gasteiger partial charge in [-0.1, -0.05) is 48.5 Å². The van der Waals surface area contributed by atoms with Crippen molar-refractivity contribution in [1.82, 2.24) is 0 Å². The van der Waals surface area contributed by atoms with Crippen molar-refractivity contribution in [2.45, 2.75) is 97.6 Å². The van der Waals surface area contributed by atoms with Gasteiger partial charge in [0, 0.05) is 26.4 Å². The number of hydrogen-bond donors (Lipinski definition) is 0. The zero-order valence-corrected chi connectivity index (χ0v) is 22.5. The molecule has 0 unspecified atom stereocenters. The van der Waals surface area contributed by atoms with Crippen LogP contribution in [0.5, 0.6) is 0 Å². The highest BCUT2D eigenvalue weighted by Gasteiger charge is 2.49. The summed E-state index contributed by atoms with van der Waals surface area (Å²) in [6, 6.07) is 0. The largest absolute Gasteiger partial charge is 0.469 e. The Labute approximate surface area is 190 Å². The molecular formula is C23H46O7Si. The lowest BCUT2D eigenvalue weighted by atomic mass is 9.88. The van der Waals surface area contributed by atoms with Gasteiger partial charge in [0.05, 0.1) is 31.8 Å². The van der Waals surface area contributed by atoms with Crippen LogP contribution in [0.1, 0.15) is 68.7 Å². The Balaban J connectivity index is 6.09. The first-order valence-corrected chi connectivity index (χ1v) is 13.5. The molecule has 0 bridgehead atoms. The lowest BCUT2D eigenvalue weighted by Gasteiger charge is -2.47. The number of carbonyl (C=O) groups excluding carboxylic acids is 2. The summed E-state index contributed by atoms with van der Waals surface area (Å²) in [6.07, 6.45) is -0.225. The van der Waals surface area contributed by atoms with Crippen LogP contribution in [0.2, 0.25) is 16.6 Å². The van der Waals surface area contributed by atoms with E-state index in [9.17, 15) is 9.59 Å². The minimum atomic E-state index is -2.28. The summed E-state index contributed by atoms with van der Waals surface area (Å²) in [5.74, 6) is -1.25. The molecule has 7 nitrogen and oxygen atoms in total. The molecule has 0 rings (SSSR count). The third-order valence-corrected chi connectivity index (χ3v) is 12.4. The molecule has 0 saturated carbocycles. The normalized spacial score (nSPS) is 16.3. The van der Waals surface area contributed by atoms with Crippen molar-refractivity contribution in [3.05, 3.63) is 0 Å². The number of carbonyl (C=O) groups is 2. The van der Waals surface area contributed by atoms with Gasteiger partial charge in [0.2, 0.25) is 8.32 Å². The predicted octanol–water partition coefficient (Wildman–Crippen LogP) is 4.93. The summed E-state index contributed by atoms with van der Waals surface area (Å²) in [6.45, 7) is 18.9. The van der Waals surface area contributed by atoms with Crippen LogP contribution < -0.4 is 0 Å². The first kappa shape index (κ1) is 30.0. The SMILES string of the molecule is COCO[C@@H](CCOC(C)=O)[C@H](C)[C@H](O[Si](C(C)C)(C(C)C)C(C)C)[C@@H](C)C(=O)OC. The van der Waals surface area contributed by atoms with Gasteiger partial charge in [-0.3, -0.25) is 9.59 Å². The number of ether oxygens (including phenoxy) is 4. The highest BCUT2D eigenvalue weighted by atomic mass is 28.4. The van der Waals surface area contributed by atoms with Crippen LogP contribution in [0.25, 0.3) is 0 Å². The van der Waals surface area contributed by atoms with E-state index in [0.717, 1.165) is 0 Å². The van der Waals surface area contributed by atoms with Crippen LogP contribution in [-0.2, 0) is 33.0 Å². The van der Waals surface area contributed by atoms with Crippen LogP contribution in [0.15, 0.2) is 0 Å². The maximum absolute atomic E-state index is 12.6. The molecule has 0 N–H and O–H groups in total. The molecule has 0 aliphatic carbocycles. The molecule has 0 aliphatic heterocycles. The molecule has 0 amide bonds. The second-order valence-corrected chi connectivity index (χ2v) is 14.7. The molecule has 0 saturated heterocycles. The lowest BCUT2D eigenvalue weighted by Crippen LogP contribution is -2.54. The lowest BCUT2D eigenvalue weighted by molar-refractivity contribution is -0.154. The fourth-order valence-corrected chi connectivity index (χ4v) is 10.5. The monoisotopic (exact) mass is 462 g/mol. The minimum Gasteiger partial charge on any atom is -0.469 e. The van der Waals surface area contributed by atoms with E-state index in [1.54, 1.807) is 7.11 Å². The number of methoxy groups -OCH3 is 2. The summed E-state index contributed by atoms with van der Waals surface area (Å²) in [7, 11) is 0.683. The van der Waals surface area contributed by atoms with Crippen LogP contribution >= 0.6 is 0 Å². The van der Waals surface area contributed by atoms with Crippen LogP contribution in [-0.4, -0.2) is 60.1 Å². The Hall–Kier alpha value is -0.963. The summed E-state index contributed by atoms with van der Waals surface area (Å²) >= 11 is 0. The summed E-state index contributed by atoms with van der Waals surface area (Å²) in [5.41, 5.74) is 1.10. The Kier molecular flexibility index (Phi) is 13.8. The summed E-state index contributed by atoms with van der Waals surface area (Å²) < 4.78 is 28.4. The van der Waals surface area contributed by atoms with E-state index in [1.807, 2.05) is 13.8 Å². The quantitative estimate of drug-likeness (QED) is 0.194. The fraction of sp³-hybridized carbons (Fsp3) is 0.913. The molecule has 31 heavy (non-hydrogen) atoms. The van der Waals surface area contributed by atoms with Gasteiger partial charge in [0.25, 0.3) is 0 Å². The molecule has 0 aromatic rings. The first-order chi connectivity index (χ1) is 14.4. The molecule has 0 aromatic carbocycles. The summed E-state index contributed by atoms with van der Waals surface area (Å²) in [5, 5.41) is 0. The van der Waals surface area contributed by atoms with Gasteiger partial charge in [-0.15, -0.1) is 0 Å². The number of esters is 2. The molecule has 0 heterocycles. The van der Waals surface area contributed by atoms with Gasteiger partial charge in [0.15, 0.2) is 0 Å². The third-order valence-electron chi connectivity index (χ3n) is 6.33. The standard InChI is InChI=1S/C23H46O7Si/c1-15(2)31(16(3)4,17(5)6)30-22(19(8)23(25)27-11)18(7)21(29-14-26-10)12-13-28-20(9)24/h15-19,21-22H,12-14H2,1-11H3/t18-,19+,21-,22-/m0/s1. The van der Waals surface area contributed by atoms with Crippen molar-refractivity contribution >= 4 is 20.3 Å². The second kappa shape index (κ2) is 14.2. The zero-order chi connectivity index (χ0) is 24.4. The third kappa shape index (κ3) is 8.48. The van der Waals surface area contributed by atoms with Crippen molar-refractivity contribution in [3.63, 3.8) is 0 Å². The second-order valence-electron chi connectivity index (χ2n) is 9.31. The van der Waals surface area contributed by atoms with Gasteiger partial charge in [-0.05, 0) is 23.5 Å². The Bertz CT molecular complexity index is 514. The fourth-order valence-electron chi connectivity index (χ4n) is 4.81. The molecule has 0 spiro atoms. The van der Waals surface area contributed by atoms with E-state index in [-0.39, 0.29) is 37.4 Å². The first-order valence-electron chi connectivity index (χ1n) is 11.4. The van der Waals surface area contributed by atoms with Crippen molar-refractivity contribution < 1.29 is 33.0 Å². The van der Waals surface area contributed by atoms with Gasteiger partial charge in [-0.2, -0.15) is 0 Å². The van der Waals surface area contributed by atoms with Crippen LogP contribution in [0, 0.1) is 11.8 Å². The van der Waals surface area contributed by atoms with E-state index in [4.69, 9.17) is 23.4 Å². The minimum absolute atomic E-state index is 0.107. The van der Waals surface area contributed by atoms with E-state index in [0.29, 0.717) is 23.0 Å². The Morgan fingerprint density at radius 2 is 1.39 bits per heavy atom. The predicted molar refractivity (Wildman–Crippen MR) is 124 cm³/mol. The molecule has 0 aliphatic rings. The summed E-state index contributed by atoms with van der Waals surface area (Å²) in [4.78, 5) is 23.8. The van der Waals surface area contributed by atoms with Crippen molar-refractivity contribution in [2.24, 2.45) is 11.8 Å². The van der Waals surface area contributed by atoms with Crippen LogP contribution in [0.4, 0.5) is 0 Å². The Morgan fingerprint density at radius 3 is 1.77 bits per heavy atom. The molecule has 0 radical (unpaired) electrons. The van der Waals surface area contributed by atoms with Crippen molar-refractivity contribution in [1.29, 1.82) is 0 Å². The zero-order valence-electron chi connectivity index (χ0n) is 21.5. The average molecular weight is 463 g/mol. The average Bonchev–Trinajstić information content (AvgIpc) is 2.68. The smallest absolute Gasteiger partial charge is 0.310 e. The molecule has 8 heteroatoms. The Morgan fingerprint density at radius 1 is 0.871 bits per heavy atom. The van der Waals surface area contributed by atoms with E-state index in [2.05, 4.69) is 41.5 Å². The van der Waals surface area contributed by atoms with Gasteiger partial charge in [-0.25, -0.2) is 0 Å². The maximum atomic E-state index is 12.6.